The fraction of sp³-hybridized carbons (Fsp3) is 0.222. The fourth-order valence-electron chi connectivity index (χ4n) is 2.46. The second-order valence-electron chi connectivity index (χ2n) is 5.23. The Morgan fingerprint density at radius 2 is 1.96 bits per heavy atom. The van der Waals surface area contributed by atoms with Crippen LogP contribution in [0.25, 0.3) is 11.1 Å². The van der Waals surface area contributed by atoms with Crippen LogP contribution in [-0.2, 0) is 6.42 Å². The van der Waals surface area contributed by atoms with Gasteiger partial charge in [-0.1, -0.05) is 6.07 Å². The van der Waals surface area contributed by atoms with Crippen LogP contribution in [0.5, 0.6) is 11.5 Å². The van der Waals surface area contributed by atoms with Crippen LogP contribution in [0.1, 0.15) is 15.9 Å². The van der Waals surface area contributed by atoms with Crippen molar-refractivity contribution in [1.29, 1.82) is 0 Å². The number of hydrogen-bond acceptors (Lipinski definition) is 5. The summed E-state index contributed by atoms with van der Waals surface area (Å²) in [5.74, 6) is 0.968. The Morgan fingerprint density at radius 1 is 1.12 bits per heavy atom. The van der Waals surface area contributed by atoms with Crippen LogP contribution < -0.4 is 14.8 Å². The van der Waals surface area contributed by atoms with E-state index in [1.54, 1.807) is 32.4 Å². The topological polar surface area (TPSA) is 73.6 Å². The van der Waals surface area contributed by atoms with E-state index in [2.05, 4.69) is 10.3 Å². The van der Waals surface area contributed by atoms with Crippen LogP contribution in [-0.4, -0.2) is 31.7 Å². The summed E-state index contributed by atoms with van der Waals surface area (Å²) in [4.78, 5) is 16.4. The maximum Gasteiger partial charge on any atom is 0.251 e. The molecule has 0 atom stereocenters. The molecule has 1 aromatic heterocycles. The van der Waals surface area contributed by atoms with Crippen LogP contribution in [0.2, 0.25) is 0 Å². The van der Waals surface area contributed by atoms with E-state index in [0.29, 0.717) is 30.0 Å². The molecule has 2 aromatic carbocycles. The minimum absolute atomic E-state index is 0.154. The minimum Gasteiger partial charge on any atom is -0.493 e. The summed E-state index contributed by atoms with van der Waals surface area (Å²) < 4.78 is 15.6. The number of carbonyl (C=O) groups is 1. The number of ether oxygens (including phenoxy) is 2. The Labute approximate surface area is 139 Å². The van der Waals surface area contributed by atoms with E-state index in [1.165, 1.54) is 6.39 Å². The summed E-state index contributed by atoms with van der Waals surface area (Å²) in [5, 5.41) is 2.90. The zero-order valence-electron chi connectivity index (χ0n) is 13.5. The Bertz CT molecular complexity index is 857. The first-order chi connectivity index (χ1) is 11.7. The van der Waals surface area contributed by atoms with Crippen LogP contribution >= 0.6 is 0 Å². The number of amides is 1. The number of oxazole rings is 1. The van der Waals surface area contributed by atoms with Gasteiger partial charge in [-0.15, -0.1) is 0 Å². The molecule has 6 nitrogen and oxygen atoms in total. The molecule has 0 saturated carbocycles. The second kappa shape index (κ2) is 7.04. The Balaban J connectivity index is 1.60. The molecule has 0 saturated heterocycles. The molecule has 0 aliphatic carbocycles. The summed E-state index contributed by atoms with van der Waals surface area (Å²) in [6.45, 7) is 0.524. The van der Waals surface area contributed by atoms with E-state index >= 15 is 0 Å². The summed E-state index contributed by atoms with van der Waals surface area (Å²) in [6.07, 6.45) is 2.13. The van der Waals surface area contributed by atoms with Gasteiger partial charge in [-0.3, -0.25) is 4.79 Å². The van der Waals surface area contributed by atoms with E-state index < -0.39 is 0 Å². The summed E-state index contributed by atoms with van der Waals surface area (Å²) in [6, 6.07) is 10.9. The molecule has 0 radical (unpaired) electrons. The van der Waals surface area contributed by atoms with Crippen molar-refractivity contribution in [2.45, 2.75) is 6.42 Å². The number of nitrogens with one attached hydrogen (secondary N) is 1. The Kier molecular flexibility index (Phi) is 4.65. The van der Waals surface area contributed by atoms with Crippen molar-refractivity contribution in [3.63, 3.8) is 0 Å². The zero-order valence-corrected chi connectivity index (χ0v) is 13.5. The summed E-state index contributed by atoms with van der Waals surface area (Å²) in [7, 11) is 3.10. The zero-order chi connectivity index (χ0) is 16.9. The van der Waals surface area contributed by atoms with E-state index in [1.807, 2.05) is 18.2 Å². The monoisotopic (exact) mass is 326 g/mol. The highest BCUT2D eigenvalue weighted by Crippen LogP contribution is 2.27. The van der Waals surface area contributed by atoms with Gasteiger partial charge in [0.2, 0.25) is 0 Å². The molecule has 3 rings (SSSR count). The quantitative estimate of drug-likeness (QED) is 0.754. The molecular formula is C18H18N2O4. The maximum absolute atomic E-state index is 12.2. The van der Waals surface area contributed by atoms with Gasteiger partial charge in [-0.2, -0.15) is 0 Å². The Hall–Kier alpha value is -3.02. The van der Waals surface area contributed by atoms with Gasteiger partial charge in [0.25, 0.3) is 5.91 Å². The largest absolute Gasteiger partial charge is 0.493 e. The number of rotatable bonds is 6. The van der Waals surface area contributed by atoms with Crippen LogP contribution in [0.4, 0.5) is 0 Å². The van der Waals surface area contributed by atoms with Crippen LogP contribution in [0.3, 0.4) is 0 Å². The SMILES string of the molecule is COc1ccc(C(=O)NCCc2ccc3ocnc3c2)cc1OC. The third-order valence-electron chi connectivity index (χ3n) is 3.74. The van der Waals surface area contributed by atoms with Gasteiger partial charge < -0.3 is 19.2 Å². The molecule has 1 N–H and O–H groups in total. The number of fused-ring (bicyclic) bond motifs is 1. The molecule has 0 unspecified atom stereocenters. The first kappa shape index (κ1) is 15.9. The van der Waals surface area contributed by atoms with E-state index in [9.17, 15) is 4.79 Å². The third-order valence-corrected chi connectivity index (χ3v) is 3.74. The predicted octanol–water partition coefficient (Wildman–Crippen LogP) is 2.82. The predicted molar refractivity (Wildman–Crippen MR) is 89.6 cm³/mol. The highest BCUT2D eigenvalue weighted by Gasteiger charge is 2.10. The first-order valence-corrected chi connectivity index (χ1v) is 7.53. The van der Waals surface area contributed by atoms with Crippen molar-refractivity contribution in [3.05, 3.63) is 53.9 Å². The van der Waals surface area contributed by atoms with Gasteiger partial charge in [0.15, 0.2) is 23.5 Å². The number of aromatic nitrogens is 1. The van der Waals surface area contributed by atoms with Gasteiger partial charge in [-0.25, -0.2) is 4.98 Å². The van der Waals surface area contributed by atoms with Crippen molar-refractivity contribution in [2.75, 3.05) is 20.8 Å². The third kappa shape index (κ3) is 3.32. The number of hydrogen-bond donors (Lipinski definition) is 1. The van der Waals surface area contributed by atoms with Crippen LogP contribution in [0, 0.1) is 0 Å². The fourth-order valence-corrected chi connectivity index (χ4v) is 2.46. The molecule has 0 spiro atoms. The lowest BCUT2D eigenvalue weighted by molar-refractivity contribution is 0.0953. The van der Waals surface area contributed by atoms with Crippen molar-refractivity contribution in [2.24, 2.45) is 0 Å². The smallest absolute Gasteiger partial charge is 0.251 e. The molecule has 0 fully saturated rings. The lowest BCUT2D eigenvalue weighted by Crippen LogP contribution is -2.25. The van der Waals surface area contributed by atoms with Crippen molar-refractivity contribution < 1.29 is 18.7 Å². The van der Waals surface area contributed by atoms with Gasteiger partial charge in [0.1, 0.15) is 5.52 Å². The molecular weight excluding hydrogens is 308 g/mol. The lowest BCUT2D eigenvalue weighted by Gasteiger charge is -2.10. The average Bonchev–Trinajstić information content (AvgIpc) is 3.08. The highest BCUT2D eigenvalue weighted by molar-refractivity contribution is 5.94. The molecule has 6 heteroatoms. The molecule has 0 aliphatic heterocycles. The normalized spacial score (nSPS) is 10.6. The molecule has 3 aromatic rings. The molecule has 1 heterocycles. The van der Waals surface area contributed by atoms with E-state index in [4.69, 9.17) is 13.9 Å². The van der Waals surface area contributed by atoms with Gasteiger partial charge in [0.05, 0.1) is 14.2 Å². The maximum atomic E-state index is 12.2. The molecule has 0 bridgehead atoms. The number of methoxy groups -OCH3 is 2. The number of carbonyl (C=O) groups excluding carboxylic acids is 1. The second-order valence-corrected chi connectivity index (χ2v) is 5.23. The highest BCUT2D eigenvalue weighted by atomic mass is 16.5. The summed E-state index contributed by atoms with van der Waals surface area (Å²) in [5.41, 5.74) is 3.19. The standard InChI is InChI=1S/C18H18N2O4/c1-22-16-6-4-13(10-17(16)23-2)18(21)19-8-7-12-3-5-15-14(9-12)20-11-24-15/h3-6,9-11H,7-8H2,1-2H3,(H,19,21). The van der Waals surface area contributed by atoms with E-state index in [-0.39, 0.29) is 5.91 Å². The number of nitrogens with zero attached hydrogens (tertiary/aromatic N) is 1. The molecule has 1 amide bonds. The van der Waals surface area contributed by atoms with Gasteiger partial charge >= 0.3 is 0 Å². The Morgan fingerprint density at radius 3 is 2.75 bits per heavy atom. The van der Waals surface area contributed by atoms with Crippen LogP contribution in [0.15, 0.2) is 47.2 Å². The van der Waals surface area contributed by atoms with Gasteiger partial charge in [0, 0.05) is 12.1 Å². The van der Waals surface area contributed by atoms with Crippen molar-refractivity contribution >= 4 is 17.0 Å². The van der Waals surface area contributed by atoms with E-state index in [0.717, 1.165) is 16.7 Å². The lowest BCUT2D eigenvalue weighted by atomic mass is 10.1. The summed E-state index contributed by atoms with van der Waals surface area (Å²) >= 11 is 0. The molecule has 24 heavy (non-hydrogen) atoms. The number of benzene rings is 2. The molecule has 124 valence electrons. The first-order valence-electron chi connectivity index (χ1n) is 7.53. The minimum atomic E-state index is -0.154. The van der Waals surface area contributed by atoms with Gasteiger partial charge in [-0.05, 0) is 42.3 Å². The van der Waals surface area contributed by atoms with Crippen molar-refractivity contribution in [3.8, 4) is 11.5 Å². The average molecular weight is 326 g/mol. The van der Waals surface area contributed by atoms with Crippen molar-refractivity contribution in [1.82, 2.24) is 10.3 Å². The molecule has 0 aliphatic rings.